The van der Waals surface area contributed by atoms with Crippen molar-refractivity contribution in [3.05, 3.63) is 46.7 Å². The summed E-state index contributed by atoms with van der Waals surface area (Å²) >= 11 is 3.16. The molecule has 1 saturated heterocycles. The molecule has 2 aromatic rings. The topological polar surface area (TPSA) is 80.7 Å². The van der Waals surface area contributed by atoms with Crippen molar-refractivity contribution in [3.63, 3.8) is 0 Å². The first-order valence-corrected chi connectivity index (χ1v) is 9.75. The van der Waals surface area contributed by atoms with Gasteiger partial charge in [-0.3, -0.25) is 4.79 Å². The number of hydrogen-bond acceptors (Lipinski definition) is 5. The van der Waals surface area contributed by atoms with Crippen molar-refractivity contribution in [2.75, 3.05) is 13.1 Å². The quantitative estimate of drug-likeness (QED) is 0.786. The maximum absolute atomic E-state index is 12.4. The van der Waals surface area contributed by atoms with E-state index in [1.807, 2.05) is 0 Å². The van der Waals surface area contributed by atoms with Gasteiger partial charge in [-0.15, -0.1) is 0 Å². The molecule has 0 atom stereocenters. The zero-order valence-corrected chi connectivity index (χ0v) is 14.7. The normalized spacial score (nSPS) is 16.7. The Kier molecular flexibility index (Phi) is 4.63. The number of amides is 1. The first kappa shape index (κ1) is 16.3. The Balaban J connectivity index is 1.60. The van der Waals surface area contributed by atoms with Crippen molar-refractivity contribution < 1.29 is 22.0 Å². The standard InChI is InChI=1S/C15H16BrNO5S/c16-14-4-3-13(22-14)15(18)17-7-5-12(6-8-17)23(19,20)10-11-2-1-9-21-11/h1-4,9,12H,5-8,10H2. The Labute approximate surface area is 142 Å². The molecule has 1 amide bonds. The smallest absolute Gasteiger partial charge is 0.289 e. The number of likely N-dealkylation sites (tertiary alicyclic amines) is 1. The van der Waals surface area contributed by atoms with Gasteiger partial charge >= 0.3 is 0 Å². The zero-order chi connectivity index (χ0) is 16.4. The number of sulfone groups is 1. The van der Waals surface area contributed by atoms with Gasteiger partial charge in [-0.25, -0.2) is 8.42 Å². The van der Waals surface area contributed by atoms with E-state index in [2.05, 4.69) is 15.9 Å². The van der Waals surface area contributed by atoms with Crippen LogP contribution >= 0.6 is 15.9 Å². The van der Waals surface area contributed by atoms with Crippen LogP contribution in [0, 0.1) is 0 Å². The molecule has 0 N–H and O–H groups in total. The first-order valence-electron chi connectivity index (χ1n) is 7.24. The summed E-state index contributed by atoms with van der Waals surface area (Å²) < 4.78 is 35.7. The first-order chi connectivity index (χ1) is 11.0. The summed E-state index contributed by atoms with van der Waals surface area (Å²) in [6.07, 6.45) is 2.32. The number of piperidine rings is 1. The number of furan rings is 2. The third kappa shape index (κ3) is 3.69. The Bertz CT molecular complexity index is 773. The minimum absolute atomic E-state index is 0.0935. The molecule has 0 spiro atoms. The molecule has 0 aromatic carbocycles. The summed E-state index contributed by atoms with van der Waals surface area (Å²) in [7, 11) is -3.28. The molecular weight excluding hydrogens is 386 g/mol. The third-order valence-corrected chi connectivity index (χ3v) is 6.54. The number of carbonyl (C=O) groups excluding carboxylic acids is 1. The number of halogens is 1. The molecule has 6 nitrogen and oxygen atoms in total. The van der Waals surface area contributed by atoms with Crippen LogP contribution < -0.4 is 0 Å². The number of nitrogens with zero attached hydrogens (tertiary/aromatic N) is 1. The summed E-state index contributed by atoms with van der Waals surface area (Å²) in [5, 5.41) is -0.444. The van der Waals surface area contributed by atoms with Gasteiger partial charge in [0.15, 0.2) is 20.3 Å². The van der Waals surface area contributed by atoms with Crippen LogP contribution in [0.25, 0.3) is 0 Å². The third-order valence-electron chi connectivity index (χ3n) is 3.94. The van der Waals surface area contributed by atoms with Gasteiger partial charge in [0.25, 0.3) is 5.91 Å². The molecule has 2 aromatic heterocycles. The fourth-order valence-electron chi connectivity index (χ4n) is 2.71. The van der Waals surface area contributed by atoms with Crippen molar-refractivity contribution in [3.8, 4) is 0 Å². The van der Waals surface area contributed by atoms with Gasteiger partial charge in [-0.1, -0.05) is 0 Å². The molecule has 0 radical (unpaired) electrons. The molecule has 8 heteroatoms. The summed E-state index contributed by atoms with van der Waals surface area (Å²) in [5.74, 6) is 0.402. The minimum Gasteiger partial charge on any atom is -0.468 e. The van der Waals surface area contributed by atoms with E-state index < -0.39 is 15.1 Å². The van der Waals surface area contributed by atoms with E-state index in [1.54, 1.807) is 29.2 Å². The summed E-state index contributed by atoms with van der Waals surface area (Å²) in [4.78, 5) is 13.9. The van der Waals surface area contributed by atoms with E-state index in [4.69, 9.17) is 8.83 Å². The highest BCUT2D eigenvalue weighted by atomic mass is 79.9. The Morgan fingerprint density at radius 1 is 1.26 bits per heavy atom. The van der Waals surface area contributed by atoms with Crippen molar-refractivity contribution in [1.29, 1.82) is 0 Å². The lowest BCUT2D eigenvalue weighted by Crippen LogP contribution is -2.42. The fraction of sp³-hybridized carbons (Fsp3) is 0.400. The average molecular weight is 402 g/mol. The highest BCUT2D eigenvalue weighted by molar-refractivity contribution is 9.10. The molecule has 0 saturated carbocycles. The van der Waals surface area contributed by atoms with Crippen LogP contribution in [-0.4, -0.2) is 37.6 Å². The van der Waals surface area contributed by atoms with Crippen molar-refractivity contribution >= 4 is 31.7 Å². The molecule has 3 rings (SSSR count). The van der Waals surface area contributed by atoms with Crippen molar-refractivity contribution in [1.82, 2.24) is 4.90 Å². The molecule has 3 heterocycles. The lowest BCUT2D eigenvalue weighted by Gasteiger charge is -2.31. The Morgan fingerprint density at radius 2 is 2.00 bits per heavy atom. The molecule has 124 valence electrons. The van der Waals surface area contributed by atoms with Crippen LogP contribution in [-0.2, 0) is 15.6 Å². The molecule has 23 heavy (non-hydrogen) atoms. The molecule has 0 bridgehead atoms. The predicted octanol–water partition coefficient (Wildman–Crippen LogP) is 2.85. The fourth-order valence-corrected chi connectivity index (χ4v) is 4.75. The van der Waals surface area contributed by atoms with Gasteiger partial charge in [0, 0.05) is 13.1 Å². The van der Waals surface area contributed by atoms with E-state index >= 15 is 0 Å². The molecule has 1 fully saturated rings. The molecule has 1 aliphatic rings. The van der Waals surface area contributed by atoms with E-state index in [0.717, 1.165) is 0 Å². The zero-order valence-electron chi connectivity index (χ0n) is 12.3. The van der Waals surface area contributed by atoms with E-state index in [-0.39, 0.29) is 17.4 Å². The maximum atomic E-state index is 12.4. The summed E-state index contributed by atoms with van der Waals surface area (Å²) in [5.41, 5.74) is 0. The second kappa shape index (κ2) is 6.52. The van der Waals surface area contributed by atoms with E-state index in [9.17, 15) is 13.2 Å². The predicted molar refractivity (Wildman–Crippen MR) is 86.7 cm³/mol. The molecular formula is C15H16BrNO5S. The average Bonchev–Trinajstić information content (AvgIpc) is 3.18. The van der Waals surface area contributed by atoms with Crippen LogP contribution in [0.4, 0.5) is 0 Å². The summed E-state index contributed by atoms with van der Waals surface area (Å²) in [6.45, 7) is 0.804. The van der Waals surface area contributed by atoms with Crippen LogP contribution in [0.1, 0.15) is 29.2 Å². The highest BCUT2D eigenvalue weighted by Gasteiger charge is 2.33. The second-order valence-corrected chi connectivity index (χ2v) is 8.54. The van der Waals surface area contributed by atoms with Gasteiger partial charge in [-0.05, 0) is 53.0 Å². The van der Waals surface area contributed by atoms with E-state index in [1.165, 1.54) is 6.26 Å². The second-order valence-electron chi connectivity index (χ2n) is 5.48. The SMILES string of the molecule is O=C(c1ccc(Br)o1)N1CCC(S(=O)(=O)Cc2ccco2)CC1. The van der Waals surface area contributed by atoms with Crippen LogP contribution in [0.2, 0.25) is 0 Å². The van der Waals surface area contributed by atoms with Gasteiger partial charge in [-0.2, -0.15) is 0 Å². The van der Waals surface area contributed by atoms with Crippen LogP contribution in [0.5, 0.6) is 0 Å². The van der Waals surface area contributed by atoms with Gasteiger partial charge in [0.2, 0.25) is 0 Å². The van der Waals surface area contributed by atoms with Gasteiger partial charge in [0.05, 0.1) is 11.5 Å². The van der Waals surface area contributed by atoms with Crippen LogP contribution in [0.15, 0.2) is 44.0 Å². The van der Waals surface area contributed by atoms with Crippen LogP contribution in [0.3, 0.4) is 0 Å². The molecule has 0 aliphatic carbocycles. The molecule has 0 unspecified atom stereocenters. The van der Waals surface area contributed by atoms with Crippen molar-refractivity contribution in [2.45, 2.75) is 23.8 Å². The monoisotopic (exact) mass is 401 g/mol. The lowest BCUT2D eigenvalue weighted by molar-refractivity contribution is 0.0692. The number of rotatable bonds is 4. The number of hydrogen-bond donors (Lipinski definition) is 0. The number of carbonyl (C=O) groups is 1. The van der Waals surface area contributed by atoms with Crippen molar-refractivity contribution in [2.24, 2.45) is 0 Å². The molecule has 1 aliphatic heterocycles. The largest absolute Gasteiger partial charge is 0.468 e. The Hall–Kier alpha value is -1.54. The Morgan fingerprint density at radius 3 is 2.57 bits per heavy atom. The van der Waals surface area contributed by atoms with Gasteiger partial charge < -0.3 is 13.7 Å². The highest BCUT2D eigenvalue weighted by Crippen LogP contribution is 2.24. The lowest BCUT2D eigenvalue weighted by atomic mass is 10.1. The van der Waals surface area contributed by atoms with Gasteiger partial charge in [0.1, 0.15) is 11.5 Å². The summed E-state index contributed by atoms with van der Waals surface area (Å²) in [6, 6.07) is 6.60. The van der Waals surface area contributed by atoms with E-state index in [0.29, 0.717) is 36.4 Å². The minimum atomic E-state index is -3.28. The maximum Gasteiger partial charge on any atom is 0.289 e.